The minimum absolute atomic E-state index is 0.264. The summed E-state index contributed by atoms with van der Waals surface area (Å²) in [6, 6.07) is 11.4. The van der Waals surface area contributed by atoms with Crippen LogP contribution in [0, 0.1) is 5.82 Å². The van der Waals surface area contributed by atoms with E-state index in [-0.39, 0.29) is 18.3 Å². The van der Waals surface area contributed by atoms with E-state index in [1.807, 2.05) is 16.8 Å². The number of esters is 1. The maximum Gasteiger partial charge on any atom is 0.348 e. The van der Waals surface area contributed by atoms with Crippen LogP contribution in [0.3, 0.4) is 0 Å². The van der Waals surface area contributed by atoms with Crippen LogP contribution < -0.4 is 0 Å². The molecule has 0 N–H and O–H groups in total. The Morgan fingerprint density at radius 2 is 1.88 bits per heavy atom. The molecule has 4 nitrogen and oxygen atoms in total. The van der Waals surface area contributed by atoms with Crippen molar-refractivity contribution in [2.75, 3.05) is 13.7 Å². The summed E-state index contributed by atoms with van der Waals surface area (Å²) in [5.41, 5.74) is 1.86. The van der Waals surface area contributed by atoms with Crippen LogP contribution in [0.4, 0.5) is 4.39 Å². The average molecular weight is 389 g/mol. The van der Waals surface area contributed by atoms with Gasteiger partial charge >= 0.3 is 5.97 Å². The Labute approximate surface area is 158 Å². The van der Waals surface area contributed by atoms with E-state index in [0.29, 0.717) is 11.4 Å². The molecule has 0 bridgehead atoms. The van der Waals surface area contributed by atoms with E-state index < -0.39 is 5.97 Å². The normalized spacial score (nSPS) is 10.5. The van der Waals surface area contributed by atoms with Gasteiger partial charge in [0.1, 0.15) is 10.7 Å². The minimum atomic E-state index is -0.541. The van der Waals surface area contributed by atoms with Gasteiger partial charge < -0.3 is 9.64 Å². The van der Waals surface area contributed by atoms with E-state index in [2.05, 4.69) is 0 Å². The molecule has 0 aliphatic carbocycles. The zero-order valence-corrected chi connectivity index (χ0v) is 15.6. The van der Waals surface area contributed by atoms with Crippen LogP contribution in [0.15, 0.2) is 53.2 Å². The molecule has 0 atom stereocenters. The summed E-state index contributed by atoms with van der Waals surface area (Å²) in [4.78, 5) is 27.0. The van der Waals surface area contributed by atoms with Gasteiger partial charge in [-0.2, -0.15) is 11.3 Å². The third kappa shape index (κ3) is 4.56. The highest BCUT2D eigenvalue weighted by atomic mass is 32.1. The van der Waals surface area contributed by atoms with Crippen LogP contribution in [-0.4, -0.2) is 30.4 Å². The van der Waals surface area contributed by atoms with Crippen molar-refractivity contribution in [3.63, 3.8) is 0 Å². The number of hydrogen-bond donors (Lipinski definition) is 0. The van der Waals surface area contributed by atoms with Gasteiger partial charge in [0.25, 0.3) is 5.91 Å². The van der Waals surface area contributed by atoms with E-state index in [1.54, 1.807) is 42.6 Å². The molecule has 0 unspecified atom stereocenters. The first kappa shape index (κ1) is 18.3. The fraction of sp³-hybridized carbons (Fsp3) is 0.158. The molecule has 1 aromatic carbocycles. The number of halogens is 1. The van der Waals surface area contributed by atoms with Gasteiger partial charge in [-0.25, -0.2) is 9.18 Å². The highest BCUT2D eigenvalue weighted by molar-refractivity contribution is 7.17. The molecule has 3 rings (SSSR count). The Bertz CT molecular complexity index is 888. The summed E-state index contributed by atoms with van der Waals surface area (Å²) in [6.45, 7) is 0.177. The second-order valence-corrected chi connectivity index (χ2v) is 7.49. The standard InChI is InChI=1S/C19H16FNO3S2/c1-21(10-13-8-9-25-12-13)18(22)11-24-19(23)17-7-6-16(26-17)14-2-4-15(20)5-3-14/h2-9,12H,10-11H2,1H3. The third-order valence-corrected chi connectivity index (χ3v) is 5.53. The van der Waals surface area contributed by atoms with Crippen molar-refractivity contribution in [1.29, 1.82) is 0 Å². The third-order valence-electron chi connectivity index (χ3n) is 3.69. The van der Waals surface area contributed by atoms with Crippen LogP contribution in [0.2, 0.25) is 0 Å². The van der Waals surface area contributed by atoms with Crippen molar-refractivity contribution >= 4 is 34.6 Å². The Morgan fingerprint density at radius 3 is 2.58 bits per heavy atom. The van der Waals surface area contributed by atoms with Gasteiger partial charge in [-0.1, -0.05) is 12.1 Å². The number of amides is 1. The van der Waals surface area contributed by atoms with E-state index in [4.69, 9.17) is 4.74 Å². The Balaban J connectivity index is 1.55. The predicted molar refractivity (Wildman–Crippen MR) is 101 cm³/mol. The van der Waals surface area contributed by atoms with Gasteiger partial charge in [0.15, 0.2) is 6.61 Å². The Morgan fingerprint density at radius 1 is 1.12 bits per heavy atom. The number of carbonyl (C=O) groups excluding carboxylic acids is 2. The smallest absolute Gasteiger partial charge is 0.348 e. The molecule has 0 aliphatic rings. The maximum absolute atomic E-state index is 13.0. The largest absolute Gasteiger partial charge is 0.451 e. The molecule has 0 radical (unpaired) electrons. The van der Waals surface area contributed by atoms with Crippen molar-refractivity contribution in [3.05, 3.63) is 69.5 Å². The molecule has 2 heterocycles. The van der Waals surface area contributed by atoms with Gasteiger partial charge in [0.2, 0.25) is 0 Å². The molecular weight excluding hydrogens is 373 g/mol. The molecule has 134 valence electrons. The number of hydrogen-bond acceptors (Lipinski definition) is 5. The number of nitrogens with zero attached hydrogens (tertiary/aromatic N) is 1. The number of likely N-dealkylation sites (N-methyl/N-ethyl adjacent to an activating group) is 1. The molecule has 0 saturated carbocycles. The van der Waals surface area contributed by atoms with Crippen molar-refractivity contribution in [2.24, 2.45) is 0 Å². The summed E-state index contributed by atoms with van der Waals surface area (Å²) >= 11 is 2.81. The van der Waals surface area contributed by atoms with Gasteiger partial charge in [-0.15, -0.1) is 11.3 Å². The second-order valence-electron chi connectivity index (χ2n) is 5.63. The highest BCUT2D eigenvalue weighted by Gasteiger charge is 2.16. The molecule has 0 saturated heterocycles. The lowest BCUT2D eigenvalue weighted by atomic mass is 10.2. The van der Waals surface area contributed by atoms with Gasteiger partial charge in [0, 0.05) is 18.5 Å². The molecule has 2 aromatic heterocycles. The molecule has 0 aliphatic heterocycles. The van der Waals surface area contributed by atoms with E-state index in [0.717, 1.165) is 16.0 Å². The lowest BCUT2D eigenvalue weighted by Gasteiger charge is -2.16. The molecule has 7 heteroatoms. The van der Waals surface area contributed by atoms with Crippen LogP contribution in [0.1, 0.15) is 15.2 Å². The minimum Gasteiger partial charge on any atom is -0.451 e. The van der Waals surface area contributed by atoms with E-state index in [1.165, 1.54) is 28.4 Å². The predicted octanol–water partition coefficient (Wildman–Crippen LogP) is 4.43. The number of benzene rings is 1. The van der Waals surface area contributed by atoms with E-state index in [9.17, 15) is 14.0 Å². The summed E-state index contributed by atoms with van der Waals surface area (Å²) < 4.78 is 18.1. The van der Waals surface area contributed by atoms with Gasteiger partial charge in [-0.3, -0.25) is 4.79 Å². The lowest BCUT2D eigenvalue weighted by Crippen LogP contribution is -2.30. The summed E-state index contributed by atoms with van der Waals surface area (Å²) in [5, 5.41) is 3.92. The number of rotatable bonds is 6. The number of carbonyl (C=O) groups is 2. The molecule has 26 heavy (non-hydrogen) atoms. The molecule has 0 spiro atoms. The monoisotopic (exact) mass is 389 g/mol. The summed E-state index contributed by atoms with van der Waals surface area (Å²) in [6.07, 6.45) is 0. The number of ether oxygens (including phenoxy) is 1. The fourth-order valence-corrected chi connectivity index (χ4v) is 3.84. The molecule has 3 aromatic rings. The first-order valence-corrected chi connectivity index (χ1v) is 9.57. The zero-order chi connectivity index (χ0) is 18.5. The first-order chi connectivity index (χ1) is 12.5. The number of thiophene rings is 2. The summed E-state index contributed by atoms with van der Waals surface area (Å²) in [7, 11) is 1.67. The first-order valence-electron chi connectivity index (χ1n) is 7.81. The van der Waals surface area contributed by atoms with Crippen LogP contribution in [-0.2, 0) is 16.1 Å². The maximum atomic E-state index is 13.0. The Kier molecular flexibility index (Phi) is 5.80. The molecule has 0 fully saturated rings. The van der Waals surface area contributed by atoms with Gasteiger partial charge in [0.05, 0.1) is 0 Å². The average Bonchev–Trinajstić information content (AvgIpc) is 3.32. The van der Waals surface area contributed by atoms with Gasteiger partial charge in [-0.05, 0) is 52.2 Å². The lowest BCUT2D eigenvalue weighted by molar-refractivity contribution is -0.133. The Hall–Kier alpha value is -2.51. The second kappa shape index (κ2) is 8.25. The highest BCUT2D eigenvalue weighted by Crippen LogP contribution is 2.28. The zero-order valence-electron chi connectivity index (χ0n) is 14.0. The van der Waals surface area contributed by atoms with E-state index >= 15 is 0 Å². The molecular formula is C19H16FNO3S2. The quantitative estimate of drug-likeness (QED) is 0.586. The van der Waals surface area contributed by atoms with Crippen molar-refractivity contribution in [3.8, 4) is 10.4 Å². The van der Waals surface area contributed by atoms with Crippen molar-refractivity contribution in [1.82, 2.24) is 4.90 Å². The van der Waals surface area contributed by atoms with Crippen LogP contribution in [0.25, 0.3) is 10.4 Å². The summed E-state index contributed by atoms with van der Waals surface area (Å²) in [5.74, 6) is -1.12. The van der Waals surface area contributed by atoms with Crippen molar-refractivity contribution < 1.29 is 18.7 Å². The van der Waals surface area contributed by atoms with Crippen LogP contribution >= 0.6 is 22.7 Å². The topological polar surface area (TPSA) is 46.6 Å². The SMILES string of the molecule is CN(Cc1ccsc1)C(=O)COC(=O)c1ccc(-c2ccc(F)cc2)s1. The molecule has 1 amide bonds. The van der Waals surface area contributed by atoms with Crippen molar-refractivity contribution in [2.45, 2.75) is 6.54 Å². The fourth-order valence-electron chi connectivity index (χ4n) is 2.27. The van der Waals surface area contributed by atoms with Crippen LogP contribution in [0.5, 0.6) is 0 Å².